The van der Waals surface area contributed by atoms with Crippen LogP contribution in [0.3, 0.4) is 0 Å². The van der Waals surface area contributed by atoms with E-state index in [1.165, 1.54) is 0 Å². The Morgan fingerprint density at radius 3 is 2.20 bits per heavy atom. The van der Waals surface area contributed by atoms with Crippen molar-refractivity contribution in [2.24, 2.45) is 0 Å². The average Bonchev–Trinajstić information content (AvgIpc) is 2.38. The highest BCUT2D eigenvalue weighted by molar-refractivity contribution is 5.91. The highest BCUT2D eigenvalue weighted by Crippen LogP contribution is 2.31. The first-order chi connectivity index (χ1) is 9.43. The Morgan fingerprint density at radius 2 is 1.65 bits per heavy atom. The molecule has 2 aromatic rings. The highest BCUT2D eigenvalue weighted by atomic mass is 19.1. The summed E-state index contributed by atoms with van der Waals surface area (Å²) >= 11 is 0. The fourth-order valence-electron chi connectivity index (χ4n) is 1.78. The summed E-state index contributed by atoms with van der Waals surface area (Å²) < 4.78 is 45.6. The lowest BCUT2D eigenvalue weighted by Crippen LogP contribution is -2.03. The van der Waals surface area contributed by atoms with Crippen molar-refractivity contribution in [3.05, 3.63) is 53.3 Å². The normalized spacial score (nSPS) is 10.4. The van der Waals surface area contributed by atoms with Crippen LogP contribution in [0, 0.1) is 17.5 Å². The van der Waals surface area contributed by atoms with Crippen LogP contribution in [-0.2, 0) is 4.74 Å². The van der Waals surface area contributed by atoms with Gasteiger partial charge < -0.3 is 9.84 Å². The van der Waals surface area contributed by atoms with Crippen molar-refractivity contribution in [2.75, 3.05) is 7.11 Å². The molecule has 0 saturated heterocycles. The van der Waals surface area contributed by atoms with Crippen molar-refractivity contribution in [2.45, 2.75) is 0 Å². The van der Waals surface area contributed by atoms with Crippen LogP contribution in [0.2, 0.25) is 0 Å². The summed E-state index contributed by atoms with van der Waals surface area (Å²) in [5.41, 5.74) is -1.13. The van der Waals surface area contributed by atoms with Gasteiger partial charge in [0.05, 0.1) is 18.2 Å². The molecule has 2 aromatic carbocycles. The van der Waals surface area contributed by atoms with Gasteiger partial charge in [-0.25, -0.2) is 18.0 Å². The Kier molecular flexibility index (Phi) is 3.65. The maximum absolute atomic E-state index is 13.7. The predicted octanol–water partition coefficient (Wildman–Crippen LogP) is 3.26. The Bertz CT molecular complexity index is 660. The Balaban J connectivity index is 2.66. The zero-order valence-corrected chi connectivity index (χ0v) is 10.3. The van der Waals surface area contributed by atoms with Gasteiger partial charge in [0.25, 0.3) is 0 Å². The van der Waals surface area contributed by atoms with Gasteiger partial charge in [-0.2, -0.15) is 0 Å². The van der Waals surface area contributed by atoms with Crippen molar-refractivity contribution in [1.29, 1.82) is 0 Å². The number of hydrogen-bond donors (Lipinski definition) is 1. The van der Waals surface area contributed by atoms with Gasteiger partial charge in [0.15, 0.2) is 0 Å². The molecule has 0 saturated carbocycles. The highest BCUT2D eigenvalue weighted by Gasteiger charge is 2.19. The van der Waals surface area contributed by atoms with Gasteiger partial charge in [0.1, 0.15) is 23.2 Å². The van der Waals surface area contributed by atoms with Crippen LogP contribution in [0.1, 0.15) is 10.4 Å². The van der Waals surface area contributed by atoms with E-state index in [0.717, 1.165) is 25.3 Å². The molecule has 0 atom stereocenters. The number of phenolic OH excluding ortho intramolecular Hbond substituents is 1. The number of aromatic hydroxyl groups is 1. The van der Waals surface area contributed by atoms with E-state index in [1.54, 1.807) is 0 Å². The summed E-state index contributed by atoms with van der Waals surface area (Å²) in [4.78, 5) is 11.4. The molecule has 2 rings (SSSR count). The van der Waals surface area contributed by atoms with Gasteiger partial charge in [-0.15, -0.1) is 0 Å². The fourth-order valence-corrected chi connectivity index (χ4v) is 1.78. The van der Waals surface area contributed by atoms with Crippen LogP contribution in [0.25, 0.3) is 11.1 Å². The molecule has 104 valence electrons. The molecule has 0 aromatic heterocycles. The maximum atomic E-state index is 13.7. The summed E-state index contributed by atoms with van der Waals surface area (Å²) in [6.45, 7) is 0. The molecular weight excluding hydrogens is 273 g/mol. The second-order valence-electron chi connectivity index (χ2n) is 3.97. The third-order valence-electron chi connectivity index (χ3n) is 2.68. The Morgan fingerprint density at radius 1 is 1.05 bits per heavy atom. The standard InChI is InChI=1S/C14H9F3O3/c1-20-14(19)7-2-3-10(15)9(4-7)13-11(16)5-8(18)6-12(13)17/h2-6,18H,1H3. The molecule has 3 nitrogen and oxygen atoms in total. The number of methoxy groups -OCH3 is 1. The molecule has 0 amide bonds. The number of carbonyl (C=O) groups is 1. The molecule has 0 heterocycles. The third-order valence-corrected chi connectivity index (χ3v) is 2.68. The number of esters is 1. The number of hydrogen-bond acceptors (Lipinski definition) is 3. The minimum absolute atomic E-state index is 0.0456. The van der Waals surface area contributed by atoms with Crippen LogP contribution in [0.15, 0.2) is 30.3 Å². The van der Waals surface area contributed by atoms with Gasteiger partial charge in [0, 0.05) is 17.7 Å². The van der Waals surface area contributed by atoms with E-state index in [4.69, 9.17) is 5.11 Å². The first-order valence-electron chi connectivity index (χ1n) is 5.50. The van der Waals surface area contributed by atoms with Crippen LogP contribution in [-0.4, -0.2) is 18.2 Å². The molecule has 20 heavy (non-hydrogen) atoms. The molecule has 0 radical (unpaired) electrons. The van der Waals surface area contributed by atoms with Crippen LogP contribution < -0.4 is 0 Å². The molecule has 0 fully saturated rings. The maximum Gasteiger partial charge on any atom is 0.337 e. The van der Waals surface area contributed by atoms with Gasteiger partial charge >= 0.3 is 5.97 Å². The molecule has 0 aliphatic heterocycles. The zero-order valence-electron chi connectivity index (χ0n) is 10.3. The molecule has 6 heteroatoms. The van der Waals surface area contributed by atoms with Crippen LogP contribution in [0.4, 0.5) is 13.2 Å². The van der Waals surface area contributed by atoms with Crippen molar-refractivity contribution in [3.8, 4) is 16.9 Å². The van der Waals surface area contributed by atoms with Crippen LogP contribution >= 0.6 is 0 Å². The minimum atomic E-state index is -1.14. The monoisotopic (exact) mass is 282 g/mol. The fraction of sp³-hybridized carbons (Fsp3) is 0.0714. The third kappa shape index (κ3) is 2.45. The SMILES string of the molecule is COC(=O)c1ccc(F)c(-c2c(F)cc(O)cc2F)c1. The average molecular weight is 282 g/mol. The number of phenols is 1. The summed E-state index contributed by atoms with van der Waals surface area (Å²) in [6.07, 6.45) is 0. The lowest BCUT2D eigenvalue weighted by Gasteiger charge is -2.09. The number of ether oxygens (including phenoxy) is 1. The second kappa shape index (κ2) is 5.24. The minimum Gasteiger partial charge on any atom is -0.508 e. The van der Waals surface area contributed by atoms with Gasteiger partial charge in [-0.3, -0.25) is 0 Å². The Hall–Kier alpha value is -2.50. The van der Waals surface area contributed by atoms with Crippen molar-refractivity contribution in [1.82, 2.24) is 0 Å². The van der Waals surface area contributed by atoms with E-state index in [9.17, 15) is 18.0 Å². The molecule has 1 N–H and O–H groups in total. The molecule has 0 spiro atoms. The predicted molar refractivity (Wildman–Crippen MR) is 64.8 cm³/mol. The molecule has 0 aliphatic rings. The number of carbonyl (C=O) groups excluding carboxylic acids is 1. The van der Waals surface area contributed by atoms with Crippen LogP contribution in [0.5, 0.6) is 5.75 Å². The van der Waals surface area contributed by atoms with E-state index in [0.29, 0.717) is 12.1 Å². The van der Waals surface area contributed by atoms with Gasteiger partial charge in [-0.05, 0) is 18.2 Å². The molecule has 0 bridgehead atoms. The van der Waals surface area contributed by atoms with Crippen molar-refractivity contribution >= 4 is 5.97 Å². The smallest absolute Gasteiger partial charge is 0.337 e. The summed E-state index contributed by atoms with van der Waals surface area (Å²) in [5.74, 6) is -4.55. The summed E-state index contributed by atoms with van der Waals surface area (Å²) in [5, 5.41) is 9.07. The van der Waals surface area contributed by atoms with E-state index >= 15 is 0 Å². The van der Waals surface area contributed by atoms with Crippen molar-refractivity contribution in [3.63, 3.8) is 0 Å². The van der Waals surface area contributed by atoms with E-state index in [1.807, 2.05) is 0 Å². The molecular formula is C14H9F3O3. The van der Waals surface area contributed by atoms with E-state index in [-0.39, 0.29) is 5.56 Å². The summed E-state index contributed by atoms with van der Waals surface area (Å²) in [7, 11) is 1.13. The number of halogens is 3. The largest absolute Gasteiger partial charge is 0.508 e. The van der Waals surface area contributed by atoms with E-state index < -0.39 is 40.3 Å². The van der Waals surface area contributed by atoms with E-state index in [2.05, 4.69) is 4.74 Å². The number of benzene rings is 2. The second-order valence-corrected chi connectivity index (χ2v) is 3.97. The Labute approximate surface area is 112 Å². The topological polar surface area (TPSA) is 46.5 Å². The summed E-state index contributed by atoms with van der Waals surface area (Å²) in [6, 6.07) is 4.35. The molecule has 0 unspecified atom stereocenters. The zero-order chi connectivity index (χ0) is 14.9. The lowest BCUT2D eigenvalue weighted by molar-refractivity contribution is 0.0600. The lowest BCUT2D eigenvalue weighted by atomic mass is 10.0. The first-order valence-corrected chi connectivity index (χ1v) is 5.50. The quantitative estimate of drug-likeness (QED) is 0.860. The first kappa shape index (κ1) is 13.9. The van der Waals surface area contributed by atoms with Gasteiger partial charge in [0.2, 0.25) is 0 Å². The van der Waals surface area contributed by atoms with Gasteiger partial charge in [-0.1, -0.05) is 0 Å². The number of rotatable bonds is 2. The van der Waals surface area contributed by atoms with Crippen molar-refractivity contribution < 1.29 is 27.8 Å². The molecule has 0 aliphatic carbocycles.